The summed E-state index contributed by atoms with van der Waals surface area (Å²) >= 11 is 12.2. The highest BCUT2D eigenvalue weighted by molar-refractivity contribution is 6.39. The van der Waals surface area contributed by atoms with Crippen LogP contribution >= 0.6 is 23.2 Å². The minimum atomic E-state index is 0.529. The highest BCUT2D eigenvalue weighted by Crippen LogP contribution is 2.30. The smallest absolute Gasteiger partial charge is 0.122 e. The fourth-order valence-electron chi connectivity index (χ4n) is 1.76. The number of nitrogens with one attached hydrogen (secondary N) is 1. The van der Waals surface area contributed by atoms with Crippen LogP contribution in [0.5, 0.6) is 5.75 Å². The van der Waals surface area contributed by atoms with Gasteiger partial charge in [0.25, 0.3) is 0 Å². The number of hydrogen-bond donors (Lipinski definition) is 1. The number of rotatable bonds is 4. The minimum Gasteiger partial charge on any atom is -0.497 e. The Bertz CT molecular complexity index is 567. The van der Waals surface area contributed by atoms with Gasteiger partial charge < -0.3 is 10.1 Å². The summed E-state index contributed by atoms with van der Waals surface area (Å²) in [4.78, 5) is 4.43. The van der Waals surface area contributed by atoms with Crippen molar-refractivity contribution in [1.29, 1.82) is 0 Å². The van der Waals surface area contributed by atoms with Crippen LogP contribution < -0.4 is 10.1 Å². The number of benzene rings is 1. The molecule has 5 heteroatoms. The van der Waals surface area contributed by atoms with Crippen LogP contribution in [0.3, 0.4) is 0 Å². The summed E-state index contributed by atoms with van der Waals surface area (Å²) in [6.45, 7) is 2.45. The van der Waals surface area contributed by atoms with Crippen molar-refractivity contribution in [1.82, 2.24) is 4.98 Å². The maximum Gasteiger partial charge on any atom is 0.122 e. The van der Waals surface area contributed by atoms with E-state index in [9.17, 15) is 0 Å². The van der Waals surface area contributed by atoms with E-state index in [4.69, 9.17) is 27.9 Å². The third-order valence-electron chi connectivity index (χ3n) is 2.62. The van der Waals surface area contributed by atoms with Crippen molar-refractivity contribution >= 4 is 28.9 Å². The molecule has 0 amide bonds. The van der Waals surface area contributed by atoms with Crippen molar-refractivity contribution in [2.75, 3.05) is 12.4 Å². The normalized spacial score (nSPS) is 10.3. The summed E-state index contributed by atoms with van der Waals surface area (Å²) in [5.41, 5.74) is 2.49. The van der Waals surface area contributed by atoms with E-state index >= 15 is 0 Å². The summed E-state index contributed by atoms with van der Waals surface area (Å²) < 4.78 is 5.22. The SMILES string of the molecule is COc1cc(C)nc(CNc2c(Cl)cccc2Cl)c1. The third kappa shape index (κ3) is 3.52. The quantitative estimate of drug-likeness (QED) is 0.912. The molecule has 0 spiro atoms. The van der Waals surface area contributed by atoms with Gasteiger partial charge in [0.1, 0.15) is 5.75 Å². The molecule has 0 unspecified atom stereocenters. The van der Waals surface area contributed by atoms with Crippen molar-refractivity contribution in [3.05, 3.63) is 51.8 Å². The van der Waals surface area contributed by atoms with Crippen LogP contribution in [0.2, 0.25) is 10.0 Å². The van der Waals surface area contributed by atoms with E-state index < -0.39 is 0 Å². The molecular formula is C14H14Cl2N2O. The molecule has 1 heterocycles. The number of anilines is 1. The molecule has 0 bridgehead atoms. The van der Waals surface area contributed by atoms with Gasteiger partial charge in [-0.05, 0) is 19.1 Å². The second-order valence-corrected chi connectivity index (χ2v) is 4.90. The first kappa shape index (κ1) is 14.0. The first-order valence-corrected chi connectivity index (χ1v) is 6.55. The van der Waals surface area contributed by atoms with E-state index in [1.165, 1.54) is 0 Å². The number of halogens is 2. The number of nitrogens with zero attached hydrogens (tertiary/aromatic N) is 1. The van der Waals surface area contributed by atoms with E-state index in [2.05, 4.69) is 10.3 Å². The van der Waals surface area contributed by atoms with Gasteiger partial charge in [0.05, 0.1) is 35.1 Å². The summed E-state index contributed by atoms with van der Waals surface area (Å²) in [6.07, 6.45) is 0. The lowest BCUT2D eigenvalue weighted by atomic mass is 10.2. The highest BCUT2D eigenvalue weighted by Gasteiger charge is 2.06. The molecule has 1 aromatic heterocycles. The van der Waals surface area contributed by atoms with Gasteiger partial charge in [0.15, 0.2) is 0 Å². The van der Waals surface area contributed by atoms with Gasteiger partial charge >= 0.3 is 0 Å². The molecule has 0 saturated heterocycles. The molecular weight excluding hydrogens is 283 g/mol. The van der Waals surface area contributed by atoms with Crippen molar-refractivity contribution in [2.24, 2.45) is 0 Å². The predicted octanol–water partition coefficient (Wildman–Crippen LogP) is 4.32. The zero-order chi connectivity index (χ0) is 13.8. The largest absolute Gasteiger partial charge is 0.497 e. The van der Waals surface area contributed by atoms with Crippen LogP contribution in [0.4, 0.5) is 5.69 Å². The van der Waals surface area contributed by atoms with Crippen LogP contribution in [-0.4, -0.2) is 12.1 Å². The molecule has 0 atom stereocenters. The fraction of sp³-hybridized carbons (Fsp3) is 0.214. The lowest BCUT2D eigenvalue weighted by Crippen LogP contribution is -2.04. The molecule has 0 radical (unpaired) electrons. The molecule has 0 aliphatic rings. The molecule has 3 nitrogen and oxygen atoms in total. The number of aromatic nitrogens is 1. The van der Waals surface area contributed by atoms with Gasteiger partial charge in [-0.3, -0.25) is 4.98 Å². The topological polar surface area (TPSA) is 34.1 Å². The van der Waals surface area contributed by atoms with Gasteiger partial charge in [-0.15, -0.1) is 0 Å². The van der Waals surface area contributed by atoms with Crippen LogP contribution in [0.1, 0.15) is 11.4 Å². The Labute approximate surface area is 122 Å². The first-order chi connectivity index (χ1) is 9.10. The summed E-state index contributed by atoms with van der Waals surface area (Å²) in [6, 6.07) is 9.15. The van der Waals surface area contributed by atoms with Gasteiger partial charge in [0.2, 0.25) is 0 Å². The van der Waals surface area contributed by atoms with Crippen molar-refractivity contribution in [2.45, 2.75) is 13.5 Å². The Morgan fingerprint density at radius 2 is 1.89 bits per heavy atom. The Morgan fingerprint density at radius 3 is 2.53 bits per heavy atom. The number of pyridine rings is 1. The van der Waals surface area contributed by atoms with Crippen LogP contribution in [0, 0.1) is 6.92 Å². The average Bonchev–Trinajstić information content (AvgIpc) is 2.37. The van der Waals surface area contributed by atoms with Gasteiger partial charge in [-0.1, -0.05) is 29.3 Å². The summed E-state index contributed by atoms with van der Waals surface area (Å²) in [7, 11) is 1.64. The van der Waals surface area contributed by atoms with E-state index in [-0.39, 0.29) is 0 Å². The maximum absolute atomic E-state index is 6.09. The van der Waals surface area contributed by atoms with Crippen LogP contribution in [0.15, 0.2) is 30.3 Å². The lowest BCUT2D eigenvalue weighted by Gasteiger charge is -2.11. The molecule has 2 aromatic rings. The monoisotopic (exact) mass is 296 g/mol. The molecule has 0 fully saturated rings. The zero-order valence-electron chi connectivity index (χ0n) is 10.7. The third-order valence-corrected chi connectivity index (χ3v) is 3.25. The Kier molecular flexibility index (Phi) is 4.51. The number of methoxy groups -OCH3 is 1. The van der Waals surface area contributed by atoms with Crippen LogP contribution in [-0.2, 0) is 6.54 Å². The van der Waals surface area contributed by atoms with E-state index in [1.807, 2.05) is 25.1 Å². The minimum absolute atomic E-state index is 0.529. The van der Waals surface area contributed by atoms with Crippen LogP contribution in [0.25, 0.3) is 0 Å². The Morgan fingerprint density at radius 1 is 1.21 bits per heavy atom. The number of ether oxygens (including phenoxy) is 1. The highest BCUT2D eigenvalue weighted by atomic mass is 35.5. The van der Waals surface area contributed by atoms with Gasteiger partial charge in [-0.25, -0.2) is 0 Å². The summed E-state index contributed by atoms with van der Waals surface area (Å²) in [5, 5.41) is 4.37. The average molecular weight is 297 g/mol. The molecule has 1 N–H and O–H groups in total. The van der Waals surface area contributed by atoms with E-state index in [1.54, 1.807) is 19.2 Å². The predicted molar refractivity (Wildman–Crippen MR) is 79.3 cm³/mol. The molecule has 0 saturated carbocycles. The number of para-hydroxylation sites is 1. The molecule has 1 aromatic carbocycles. The number of hydrogen-bond acceptors (Lipinski definition) is 3. The molecule has 0 aliphatic carbocycles. The van der Waals surface area contributed by atoms with Gasteiger partial charge in [-0.2, -0.15) is 0 Å². The standard InChI is InChI=1S/C14H14Cl2N2O/c1-9-6-11(19-2)7-10(18-9)8-17-14-12(15)4-3-5-13(14)16/h3-7,17H,8H2,1-2H3. The molecule has 19 heavy (non-hydrogen) atoms. The van der Waals surface area contributed by atoms with Crippen molar-refractivity contribution in [3.8, 4) is 5.75 Å². The lowest BCUT2D eigenvalue weighted by molar-refractivity contribution is 0.413. The van der Waals surface area contributed by atoms with Crippen molar-refractivity contribution in [3.63, 3.8) is 0 Å². The fourth-order valence-corrected chi connectivity index (χ4v) is 2.29. The molecule has 0 aliphatic heterocycles. The Balaban J connectivity index is 2.16. The molecule has 100 valence electrons. The van der Waals surface area contributed by atoms with Crippen molar-refractivity contribution < 1.29 is 4.74 Å². The van der Waals surface area contributed by atoms with Gasteiger partial charge in [0, 0.05) is 17.8 Å². The Hall–Kier alpha value is -1.45. The van der Waals surface area contributed by atoms with E-state index in [0.717, 1.165) is 17.1 Å². The maximum atomic E-state index is 6.09. The van der Waals surface area contributed by atoms with E-state index in [0.29, 0.717) is 22.3 Å². The second-order valence-electron chi connectivity index (χ2n) is 4.09. The number of aryl methyl sites for hydroxylation is 1. The summed E-state index contributed by atoms with van der Waals surface area (Å²) in [5.74, 6) is 0.787. The zero-order valence-corrected chi connectivity index (χ0v) is 12.2. The molecule has 2 rings (SSSR count). The second kappa shape index (κ2) is 6.13. The first-order valence-electron chi connectivity index (χ1n) is 5.79.